The summed E-state index contributed by atoms with van der Waals surface area (Å²) in [7, 11) is 0. The fraction of sp³-hybridized carbons (Fsp3) is 0.286. The predicted molar refractivity (Wildman–Crippen MR) is 76.2 cm³/mol. The second-order valence-electron chi connectivity index (χ2n) is 4.22. The molecule has 0 fully saturated rings. The molecule has 0 saturated carbocycles. The van der Waals surface area contributed by atoms with Crippen LogP contribution in [0.5, 0.6) is 5.88 Å². The van der Waals surface area contributed by atoms with Gasteiger partial charge in [-0.2, -0.15) is 4.98 Å². The molecule has 0 spiro atoms. The number of hydrogen-bond donors (Lipinski definition) is 1. The van der Waals surface area contributed by atoms with Crippen LogP contribution in [-0.4, -0.2) is 9.97 Å². The molecule has 0 unspecified atom stereocenters. The van der Waals surface area contributed by atoms with E-state index >= 15 is 0 Å². The first-order valence-corrected chi connectivity index (χ1v) is 6.56. The van der Waals surface area contributed by atoms with Gasteiger partial charge < -0.3 is 10.5 Å². The van der Waals surface area contributed by atoms with Crippen LogP contribution in [0.25, 0.3) is 0 Å². The van der Waals surface area contributed by atoms with Gasteiger partial charge in [0.05, 0.1) is 0 Å². The van der Waals surface area contributed by atoms with Crippen molar-refractivity contribution in [3.8, 4) is 5.88 Å². The number of nitrogen functional groups attached to an aromatic ring is 1. The van der Waals surface area contributed by atoms with E-state index < -0.39 is 0 Å². The Morgan fingerprint density at radius 1 is 1.26 bits per heavy atom. The van der Waals surface area contributed by atoms with Crippen LogP contribution in [0.15, 0.2) is 30.3 Å². The Morgan fingerprint density at radius 3 is 2.84 bits per heavy atom. The van der Waals surface area contributed by atoms with Gasteiger partial charge in [-0.1, -0.05) is 30.7 Å². The van der Waals surface area contributed by atoms with Crippen LogP contribution >= 0.6 is 11.6 Å². The van der Waals surface area contributed by atoms with E-state index in [-0.39, 0.29) is 0 Å². The summed E-state index contributed by atoms with van der Waals surface area (Å²) in [6, 6.07) is 9.15. The summed E-state index contributed by atoms with van der Waals surface area (Å²) >= 11 is 5.92. The van der Waals surface area contributed by atoms with Crippen molar-refractivity contribution in [3.63, 3.8) is 0 Å². The molecular formula is C14H16ClN3O. The first-order chi connectivity index (χ1) is 9.17. The third-order valence-electron chi connectivity index (χ3n) is 2.52. The number of ether oxygens (including phenoxy) is 1. The monoisotopic (exact) mass is 277 g/mol. The summed E-state index contributed by atoms with van der Waals surface area (Å²) in [6.07, 6.45) is 1.76. The number of nitrogens with zero attached hydrogens (tertiary/aromatic N) is 2. The Morgan fingerprint density at radius 2 is 2.11 bits per heavy atom. The van der Waals surface area contributed by atoms with Gasteiger partial charge in [0.1, 0.15) is 18.2 Å². The van der Waals surface area contributed by atoms with E-state index in [0.29, 0.717) is 29.2 Å². The molecule has 0 aliphatic rings. The number of nitrogens with two attached hydrogens (primary N) is 1. The summed E-state index contributed by atoms with van der Waals surface area (Å²) in [5.74, 6) is 1.64. The minimum Gasteiger partial charge on any atom is -0.473 e. The Bertz CT molecular complexity index is 560. The molecule has 100 valence electrons. The van der Waals surface area contributed by atoms with E-state index in [2.05, 4.69) is 16.9 Å². The minimum absolute atomic E-state index is 0.405. The Hall–Kier alpha value is -1.81. The summed E-state index contributed by atoms with van der Waals surface area (Å²) in [4.78, 5) is 8.47. The first kappa shape index (κ1) is 13.6. The average molecular weight is 278 g/mol. The highest BCUT2D eigenvalue weighted by atomic mass is 35.5. The van der Waals surface area contributed by atoms with E-state index in [0.717, 1.165) is 18.4 Å². The van der Waals surface area contributed by atoms with Gasteiger partial charge in [-0.3, -0.25) is 0 Å². The molecule has 5 heteroatoms. The van der Waals surface area contributed by atoms with Crippen molar-refractivity contribution in [3.05, 3.63) is 46.7 Å². The molecule has 1 aromatic carbocycles. The maximum absolute atomic E-state index is 5.92. The highest BCUT2D eigenvalue weighted by molar-refractivity contribution is 6.30. The molecule has 2 N–H and O–H groups in total. The molecule has 0 saturated heterocycles. The van der Waals surface area contributed by atoms with Crippen molar-refractivity contribution in [2.75, 3.05) is 5.73 Å². The summed E-state index contributed by atoms with van der Waals surface area (Å²) in [6.45, 7) is 2.47. The van der Waals surface area contributed by atoms with E-state index in [9.17, 15) is 0 Å². The Balaban J connectivity index is 2.06. The highest BCUT2D eigenvalue weighted by Gasteiger charge is 2.04. The molecule has 4 nitrogen and oxygen atoms in total. The third kappa shape index (κ3) is 4.10. The van der Waals surface area contributed by atoms with Gasteiger partial charge in [0, 0.05) is 17.5 Å². The minimum atomic E-state index is 0.405. The smallest absolute Gasteiger partial charge is 0.219 e. The van der Waals surface area contributed by atoms with Crippen molar-refractivity contribution in [2.24, 2.45) is 0 Å². The second-order valence-corrected chi connectivity index (χ2v) is 4.65. The highest BCUT2D eigenvalue weighted by Crippen LogP contribution is 2.16. The van der Waals surface area contributed by atoms with Crippen LogP contribution in [0.2, 0.25) is 5.02 Å². The van der Waals surface area contributed by atoms with E-state index in [1.54, 1.807) is 6.07 Å². The maximum Gasteiger partial charge on any atom is 0.219 e. The number of hydrogen-bond acceptors (Lipinski definition) is 4. The zero-order chi connectivity index (χ0) is 13.7. The lowest BCUT2D eigenvalue weighted by Gasteiger charge is -2.08. The molecule has 1 heterocycles. The topological polar surface area (TPSA) is 61.0 Å². The van der Waals surface area contributed by atoms with Gasteiger partial charge in [-0.05, 0) is 24.1 Å². The molecule has 1 aromatic heterocycles. The number of aromatic nitrogens is 2. The van der Waals surface area contributed by atoms with Gasteiger partial charge in [0.15, 0.2) is 0 Å². The molecule has 0 aliphatic heterocycles. The van der Waals surface area contributed by atoms with Crippen LogP contribution in [0.3, 0.4) is 0 Å². The molecule has 0 bridgehead atoms. The number of anilines is 1. The first-order valence-electron chi connectivity index (χ1n) is 6.18. The third-order valence-corrected chi connectivity index (χ3v) is 2.75. The standard InChI is InChI=1S/C14H16ClN3O/c1-2-4-13-17-12(16)8-14(18-13)19-9-10-5-3-6-11(15)7-10/h3,5-8H,2,4,9H2,1H3,(H2,16,17,18). The van der Waals surface area contributed by atoms with E-state index in [4.69, 9.17) is 22.1 Å². The molecule has 19 heavy (non-hydrogen) atoms. The Labute approximate surface area is 117 Å². The second kappa shape index (κ2) is 6.38. The summed E-state index contributed by atoms with van der Waals surface area (Å²) < 4.78 is 5.63. The van der Waals surface area contributed by atoms with Crippen LogP contribution in [0.4, 0.5) is 5.82 Å². The number of benzene rings is 1. The summed E-state index contributed by atoms with van der Waals surface area (Å²) in [5.41, 5.74) is 6.72. The molecule has 2 rings (SSSR count). The fourth-order valence-electron chi connectivity index (χ4n) is 1.69. The maximum atomic E-state index is 5.92. The van der Waals surface area contributed by atoms with Crippen molar-refractivity contribution in [2.45, 2.75) is 26.4 Å². The van der Waals surface area contributed by atoms with Gasteiger partial charge in [0.2, 0.25) is 5.88 Å². The van der Waals surface area contributed by atoms with Gasteiger partial charge in [0.25, 0.3) is 0 Å². The van der Waals surface area contributed by atoms with Crippen LogP contribution in [0, 0.1) is 0 Å². The lowest BCUT2D eigenvalue weighted by atomic mass is 10.2. The van der Waals surface area contributed by atoms with Crippen LogP contribution in [-0.2, 0) is 13.0 Å². The molecule has 0 radical (unpaired) electrons. The predicted octanol–water partition coefficient (Wildman–Crippen LogP) is 3.24. The van der Waals surface area contributed by atoms with Gasteiger partial charge in [-0.15, -0.1) is 0 Å². The number of halogens is 1. The van der Waals surface area contributed by atoms with Crippen molar-refractivity contribution in [1.29, 1.82) is 0 Å². The number of aryl methyl sites for hydroxylation is 1. The lowest BCUT2D eigenvalue weighted by Crippen LogP contribution is -2.04. The largest absolute Gasteiger partial charge is 0.473 e. The fourth-order valence-corrected chi connectivity index (χ4v) is 1.90. The van der Waals surface area contributed by atoms with Crippen molar-refractivity contribution < 1.29 is 4.74 Å². The number of rotatable bonds is 5. The Kier molecular flexibility index (Phi) is 4.58. The van der Waals surface area contributed by atoms with E-state index in [1.807, 2.05) is 24.3 Å². The van der Waals surface area contributed by atoms with Crippen LogP contribution < -0.4 is 10.5 Å². The van der Waals surface area contributed by atoms with Crippen molar-refractivity contribution in [1.82, 2.24) is 9.97 Å². The average Bonchev–Trinajstić information content (AvgIpc) is 2.36. The molecule has 0 atom stereocenters. The molecule has 0 amide bonds. The molecular weight excluding hydrogens is 262 g/mol. The quantitative estimate of drug-likeness (QED) is 0.911. The zero-order valence-corrected chi connectivity index (χ0v) is 11.5. The van der Waals surface area contributed by atoms with Crippen LogP contribution in [0.1, 0.15) is 24.7 Å². The van der Waals surface area contributed by atoms with E-state index in [1.165, 1.54) is 0 Å². The van der Waals surface area contributed by atoms with Crippen molar-refractivity contribution >= 4 is 17.4 Å². The molecule has 0 aliphatic carbocycles. The normalized spacial score (nSPS) is 10.4. The molecule has 2 aromatic rings. The lowest BCUT2D eigenvalue weighted by molar-refractivity contribution is 0.292. The zero-order valence-electron chi connectivity index (χ0n) is 10.8. The summed E-state index contributed by atoms with van der Waals surface area (Å²) in [5, 5.41) is 0.690. The van der Waals surface area contributed by atoms with Gasteiger partial charge in [-0.25, -0.2) is 4.98 Å². The SMILES string of the molecule is CCCc1nc(N)cc(OCc2cccc(Cl)c2)n1. The van der Waals surface area contributed by atoms with Gasteiger partial charge >= 0.3 is 0 Å².